The lowest BCUT2D eigenvalue weighted by atomic mass is 10.1. The van der Waals surface area contributed by atoms with Crippen LogP contribution in [0, 0.1) is 0 Å². The van der Waals surface area contributed by atoms with Gasteiger partial charge < -0.3 is 15.4 Å². The van der Waals surface area contributed by atoms with Crippen LogP contribution in [0.1, 0.15) is 32.7 Å². The molecular weight excluding hydrogens is 444 g/mol. The van der Waals surface area contributed by atoms with E-state index < -0.39 is 17.5 Å². The minimum atomic E-state index is -0.924. The molecule has 0 radical (unpaired) electrons. The van der Waals surface area contributed by atoms with Crippen LogP contribution < -0.4 is 20.9 Å². The number of aromatic nitrogens is 2. The van der Waals surface area contributed by atoms with E-state index in [2.05, 4.69) is 15.7 Å². The monoisotopic (exact) mass is 468 g/mol. The molecule has 0 unspecified atom stereocenters. The first-order valence-corrected chi connectivity index (χ1v) is 10.9. The molecule has 0 aliphatic rings. The van der Waals surface area contributed by atoms with Gasteiger partial charge in [0, 0.05) is 17.0 Å². The first kappa shape index (κ1) is 24.0. The lowest BCUT2D eigenvalue weighted by Gasteiger charge is -2.20. The molecule has 2 aromatic carbocycles. The predicted molar refractivity (Wildman–Crippen MR) is 129 cm³/mol. The molecular formula is C24H25ClN4O4. The van der Waals surface area contributed by atoms with Gasteiger partial charge in [-0.2, -0.15) is 5.10 Å². The van der Waals surface area contributed by atoms with Gasteiger partial charge in [-0.05, 0) is 36.8 Å². The lowest BCUT2D eigenvalue weighted by molar-refractivity contribution is -0.119. The Hall–Kier alpha value is -3.65. The van der Waals surface area contributed by atoms with Crippen molar-refractivity contribution in [3.63, 3.8) is 0 Å². The summed E-state index contributed by atoms with van der Waals surface area (Å²) in [5.74, 6) is -0.261. The van der Waals surface area contributed by atoms with Gasteiger partial charge in [-0.15, -0.1) is 0 Å². The second-order valence-electron chi connectivity index (χ2n) is 7.22. The summed E-state index contributed by atoms with van der Waals surface area (Å²) in [5.41, 5.74) is 1.05. The fraction of sp³-hybridized carbons (Fsp3) is 0.250. The normalized spacial score (nSPS) is 11.5. The zero-order valence-corrected chi connectivity index (χ0v) is 19.3. The van der Waals surface area contributed by atoms with E-state index in [4.69, 9.17) is 16.3 Å². The van der Waals surface area contributed by atoms with Crippen LogP contribution in [0.2, 0.25) is 5.02 Å². The van der Waals surface area contributed by atoms with Crippen molar-refractivity contribution < 1.29 is 14.3 Å². The number of rotatable bonds is 8. The molecule has 1 atom stereocenters. The van der Waals surface area contributed by atoms with Crippen molar-refractivity contribution in [1.29, 1.82) is 0 Å². The number of benzene rings is 2. The van der Waals surface area contributed by atoms with Crippen LogP contribution in [-0.4, -0.2) is 28.7 Å². The molecule has 3 aromatic rings. The highest BCUT2D eigenvalue weighted by molar-refractivity contribution is 6.30. The fourth-order valence-electron chi connectivity index (χ4n) is 3.25. The Bertz CT molecular complexity index is 1210. The Morgan fingerprint density at radius 1 is 1.06 bits per heavy atom. The number of para-hydroxylation sites is 2. The molecule has 3 rings (SSSR count). The van der Waals surface area contributed by atoms with E-state index in [0.717, 1.165) is 4.68 Å². The van der Waals surface area contributed by atoms with E-state index in [1.807, 2.05) is 0 Å². The Morgan fingerprint density at radius 2 is 1.76 bits per heavy atom. The summed E-state index contributed by atoms with van der Waals surface area (Å²) in [6, 6.07) is 14.5. The number of anilines is 2. The van der Waals surface area contributed by atoms with Gasteiger partial charge in [0.1, 0.15) is 17.5 Å². The number of hydrogen-bond donors (Lipinski definition) is 2. The number of hydrogen-bond acceptors (Lipinski definition) is 5. The first-order valence-electron chi connectivity index (χ1n) is 10.5. The Morgan fingerprint density at radius 3 is 2.39 bits per heavy atom. The van der Waals surface area contributed by atoms with Crippen molar-refractivity contribution >= 4 is 34.8 Å². The molecule has 1 aromatic heterocycles. The second kappa shape index (κ2) is 10.8. The van der Waals surface area contributed by atoms with E-state index in [1.54, 1.807) is 62.4 Å². The minimum absolute atomic E-state index is 0.0466. The number of amides is 2. The largest absolute Gasteiger partial charge is 0.495 e. The molecule has 8 nitrogen and oxygen atoms in total. The van der Waals surface area contributed by atoms with Crippen molar-refractivity contribution in [1.82, 2.24) is 9.78 Å². The number of nitrogens with zero attached hydrogens (tertiary/aromatic N) is 2. The average Bonchev–Trinajstić information content (AvgIpc) is 2.82. The topological polar surface area (TPSA) is 102 Å². The van der Waals surface area contributed by atoms with Crippen molar-refractivity contribution in [2.45, 2.75) is 32.7 Å². The fourth-order valence-corrected chi connectivity index (χ4v) is 3.37. The van der Waals surface area contributed by atoms with Crippen LogP contribution in [0.15, 0.2) is 59.4 Å². The molecule has 1 heterocycles. The first-order chi connectivity index (χ1) is 15.9. The number of nitrogens with one attached hydrogen (secondary N) is 2. The quantitative estimate of drug-likeness (QED) is 0.506. The Labute approximate surface area is 196 Å². The highest BCUT2D eigenvalue weighted by atomic mass is 35.5. The molecule has 0 spiro atoms. The molecule has 0 saturated heterocycles. The Kier molecular flexibility index (Phi) is 7.84. The summed E-state index contributed by atoms with van der Waals surface area (Å²) >= 11 is 5.99. The van der Waals surface area contributed by atoms with Crippen molar-refractivity contribution in [3.8, 4) is 17.0 Å². The van der Waals surface area contributed by atoms with Crippen LogP contribution in [0.25, 0.3) is 11.3 Å². The van der Waals surface area contributed by atoms with E-state index in [1.165, 1.54) is 13.2 Å². The molecule has 0 aliphatic carbocycles. The van der Waals surface area contributed by atoms with Gasteiger partial charge in [-0.1, -0.05) is 49.7 Å². The number of ether oxygens (including phenoxy) is 1. The van der Waals surface area contributed by atoms with Gasteiger partial charge in [0.25, 0.3) is 5.56 Å². The van der Waals surface area contributed by atoms with Crippen molar-refractivity contribution in [3.05, 3.63) is 70.0 Å². The summed E-state index contributed by atoms with van der Waals surface area (Å²) < 4.78 is 6.40. The third-order valence-electron chi connectivity index (χ3n) is 5.02. The van der Waals surface area contributed by atoms with Gasteiger partial charge in [0.05, 0.1) is 18.5 Å². The van der Waals surface area contributed by atoms with E-state index >= 15 is 0 Å². The molecule has 0 aliphatic heterocycles. The van der Waals surface area contributed by atoms with Gasteiger partial charge in [0.2, 0.25) is 11.8 Å². The van der Waals surface area contributed by atoms with Crippen molar-refractivity contribution in [2.24, 2.45) is 0 Å². The highest BCUT2D eigenvalue weighted by Gasteiger charge is 2.24. The van der Waals surface area contributed by atoms with Crippen LogP contribution in [0.5, 0.6) is 5.75 Å². The molecule has 9 heteroatoms. The second-order valence-corrected chi connectivity index (χ2v) is 7.65. The van der Waals surface area contributed by atoms with Gasteiger partial charge in [0.15, 0.2) is 0 Å². The van der Waals surface area contributed by atoms with Gasteiger partial charge in [-0.25, -0.2) is 4.68 Å². The van der Waals surface area contributed by atoms with Crippen LogP contribution in [0.3, 0.4) is 0 Å². The SMILES string of the molecule is CCC(=O)Nc1cc(-c2ccc(Cl)cc2)nn([C@@H](CC)C(=O)Nc2ccccc2OC)c1=O. The maximum Gasteiger partial charge on any atom is 0.291 e. The molecule has 0 bridgehead atoms. The summed E-state index contributed by atoms with van der Waals surface area (Å²) in [7, 11) is 1.51. The summed E-state index contributed by atoms with van der Waals surface area (Å²) in [4.78, 5) is 38.4. The maximum atomic E-state index is 13.2. The van der Waals surface area contributed by atoms with E-state index in [9.17, 15) is 14.4 Å². The van der Waals surface area contributed by atoms with Crippen LogP contribution in [-0.2, 0) is 9.59 Å². The van der Waals surface area contributed by atoms with Crippen molar-refractivity contribution in [2.75, 3.05) is 17.7 Å². The summed E-state index contributed by atoms with van der Waals surface area (Å²) in [6.45, 7) is 3.46. The van der Waals surface area contributed by atoms with Crippen LogP contribution >= 0.6 is 11.6 Å². The van der Waals surface area contributed by atoms with Gasteiger partial charge >= 0.3 is 0 Å². The van der Waals surface area contributed by atoms with E-state index in [-0.39, 0.29) is 18.0 Å². The standard InChI is InChI=1S/C24H25ClN4O4/c1-4-20(23(31)27-17-8-6-7-9-21(17)33-3)29-24(32)19(26-22(30)5-2)14-18(28-29)15-10-12-16(25)13-11-15/h6-14,20H,4-5H2,1-3H3,(H,26,30)(H,27,31)/t20-/m0/s1. The number of carbonyl (C=O) groups is 2. The van der Waals surface area contributed by atoms with Gasteiger partial charge in [-0.3, -0.25) is 14.4 Å². The molecule has 2 N–H and O–H groups in total. The lowest BCUT2D eigenvalue weighted by Crippen LogP contribution is -2.36. The zero-order valence-electron chi connectivity index (χ0n) is 18.6. The van der Waals surface area contributed by atoms with E-state index in [0.29, 0.717) is 34.1 Å². The minimum Gasteiger partial charge on any atom is -0.495 e. The number of methoxy groups -OCH3 is 1. The zero-order chi connectivity index (χ0) is 24.0. The molecule has 172 valence electrons. The summed E-state index contributed by atoms with van der Waals surface area (Å²) in [6.07, 6.45) is 0.489. The molecule has 0 saturated carbocycles. The predicted octanol–water partition coefficient (Wildman–Crippen LogP) is 4.51. The number of halogens is 1. The molecule has 2 amide bonds. The maximum absolute atomic E-state index is 13.2. The summed E-state index contributed by atoms with van der Waals surface area (Å²) in [5, 5.41) is 10.4. The third kappa shape index (κ3) is 5.59. The molecule has 33 heavy (non-hydrogen) atoms. The number of carbonyl (C=O) groups excluding carboxylic acids is 2. The Balaban J connectivity index is 2.07. The smallest absolute Gasteiger partial charge is 0.291 e. The van der Waals surface area contributed by atoms with Crippen LogP contribution in [0.4, 0.5) is 11.4 Å². The molecule has 0 fully saturated rings. The highest BCUT2D eigenvalue weighted by Crippen LogP contribution is 2.26. The average molecular weight is 469 g/mol. The third-order valence-corrected chi connectivity index (χ3v) is 5.27.